The molecule has 0 unspecified atom stereocenters. The average Bonchev–Trinajstić information content (AvgIpc) is 2.69. The molecule has 0 bridgehead atoms. The summed E-state index contributed by atoms with van der Waals surface area (Å²) in [7, 11) is 0. The van der Waals surface area contributed by atoms with E-state index in [1.807, 2.05) is 18.2 Å². The lowest BCUT2D eigenvalue weighted by molar-refractivity contribution is 0.102. The number of nitrogens with one attached hydrogen (secondary N) is 1. The molecule has 2 heterocycles. The van der Waals surface area contributed by atoms with Crippen LogP contribution in [0.3, 0.4) is 0 Å². The van der Waals surface area contributed by atoms with Crippen molar-refractivity contribution in [3.63, 3.8) is 0 Å². The Hall–Kier alpha value is -2.92. The van der Waals surface area contributed by atoms with E-state index in [-0.39, 0.29) is 5.91 Å². The molecule has 1 fully saturated rings. The van der Waals surface area contributed by atoms with E-state index < -0.39 is 0 Å². The summed E-state index contributed by atoms with van der Waals surface area (Å²) < 4.78 is 5.47. The zero-order chi connectivity index (χ0) is 17.1. The predicted octanol–water partition coefficient (Wildman–Crippen LogP) is 3.32. The first-order valence-electron chi connectivity index (χ1n) is 8.40. The van der Waals surface area contributed by atoms with Crippen LogP contribution in [0, 0.1) is 0 Å². The Bertz CT molecular complexity index is 885. The second kappa shape index (κ2) is 6.91. The van der Waals surface area contributed by atoms with Crippen LogP contribution in [0.15, 0.2) is 60.8 Å². The van der Waals surface area contributed by atoms with Gasteiger partial charge >= 0.3 is 0 Å². The van der Waals surface area contributed by atoms with Crippen molar-refractivity contribution < 1.29 is 9.53 Å². The highest BCUT2D eigenvalue weighted by atomic mass is 16.5. The van der Waals surface area contributed by atoms with Gasteiger partial charge in [0.25, 0.3) is 5.91 Å². The lowest BCUT2D eigenvalue weighted by atomic mass is 10.1. The highest BCUT2D eigenvalue weighted by molar-refractivity contribution is 6.11. The van der Waals surface area contributed by atoms with Crippen LogP contribution in [-0.2, 0) is 4.74 Å². The standard InChI is InChI=1S/C20H19N3O2/c24-20(17-7-1-2-10-21-17)22-16-8-3-5-15-6-4-9-18(19(15)16)23-11-13-25-14-12-23/h1-10H,11-14H2,(H,22,24). The van der Waals surface area contributed by atoms with Crippen LogP contribution in [0.4, 0.5) is 11.4 Å². The second-order valence-corrected chi connectivity index (χ2v) is 5.95. The van der Waals surface area contributed by atoms with Gasteiger partial charge in [0.05, 0.1) is 18.9 Å². The number of benzene rings is 2. The van der Waals surface area contributed by atoms with Gasteiger partial charge in [-0.1, -0.05) is 30.3 Å². The zero-order valence-corrected chi connectivity index (χ0v) is 13.8. The zero-order valence-electron chi connectivity index (χ0n) is 13.8. The molecule has 3 aromatic rings. The molecule has 0 aliphatic carbocycles. The minimum Gasteiger partial charge on any atom is -0.378 e. The Kier molecular flexibility index (Phi) is 4.31. The maximum atomic E-state index is 12.5. The molecule has 0 saturated carbocycles. The number of carbonyl (C=O) groups is 1. The molecular weight excluding hydrogens is 314 g/mol. The Morgan fingerprint density at radius 2 is 1.80 bits per heavy atom. The van der Waals surface area contributed by atoms with Crippen LogP contribution >= 0.6 is 0 Å². The van der Waals surface area contributed by atoms with Gasteiger partial charge in [0.2, 0.25) is 0 Å². The predicted molar refractivity (Wildman–Crippen MR) is 99.2 cm³/mol. The molecule has 5 heteroatoms. The van der Waals surface area contributed by atoms with Crippen LogP contribution < -0.4 is 10.2 Å². The maximum Gasteiger partial charge on any atom is 0.274 e. The average molecular weight is 333 g/mol. The molecule has 1 aliphatic rings. The summed E-state index contributed by atoms with van der Waals surface area (Å²) in [6.45, 7) is 3.14. The highest BCUT2D eigenvalue weighted by Gasteiger charge is 2.17. The van der Waals surface area contributed by atoms with Crippen molar-refractivity contribution in [2.24, 2.45) is 0 Å². The number of aromatic nitrogens is 1. The normalized spacial score (nSPS) is 14.5. The van der Waals surface area contributed by atoms with Crippen molar-refractivity contribution in [2.75, 3.05) is 36.5 Å². The van der Waals surface area contributed by atoms with Crippen LogP contribution in [0.2, 0.25) is 0 Å². The van der Waals surface area contributed by atoms with Gasteiger partial charge in [-0.25, -0.2) is 0 Å². The smallest absolute Gasteiger partial charge is 0.274 e. The van der Waals surface area contributed by atoms with E-state index in [0.29, 0.717) is 5.69 Å². The topological polar surface area (TPSA) is 54.5 Å². The van der Waals surface area contributed by atoms with Gasteiger partial charge in [0.1, 0.15) is 5.69 Å². The van der Waals surface area contributed by atoms with Gasteiger partial charge in [-0.15, -0.1) is 0 Å². The first-order valence-corrected chi connectivity index (χ1v) is 8.40. The lowest BCUT2D eigenvalue weighted by Crippen LogP contribution is -2.36. The fourth-order valence-corrected chi connectivity index (χ4v) is 3.18. The fraction of sp³-hybridized carbons (Fsp3) is 0.200. The van der Waals surface area contributed by atoms with E-state index in [4.69, 9.17) is 4.74 Å². The van der Waals surface area contributed by atoms with Crippen molar-refractivity contribution >= 4 is 28.1 Å². The number of ether oxygens (including phenoxy) is 1. The highest BCUT2D eigenvalue weighted by Crippen LogP contribution is 2.33. The number of amides is 1. The minimum absolute atomic E-state index is 0.204. The second-order valence-electron chi connectivity index (χ2n) is 5.95. The third-order valence-corrected chi connectivity index (χ3v) is 4.38. The van der Waals surface area contributed by atoms with Gasteiger partial charge in [-0.05, 0) is 29.7 Å². The number of fused-ring (bicyclic) bond motifs is 1. The van der Waals surface area contributed by atoms with Crippen molar-refractivity contribution in [3.05, 3.63) is 66.5 Å². The molecule has 0 spiro atoms. The Morgan fingerprint density at radius 1 is 1.00 bits per heavy atom. The molecule has 4 rings (SSSR count). The Morgan fingerprint density at radius 3 is 2.56 bits per heavy atom. The van der Waals surface area contributed by atoms with Crippen molar-refractivity contribution in [2.45, 2.75) is 0 Å². The minimum atomic E-state index is -0.204. The van der Waals surface area contributed by atoms with E-state index >= 15 is 0 Å². The molecule has 5 nitrogen and oxygen atoms in total. The molecule has 1 aromatic heterocycles. The van der Waals surface area contributed by atoms with Gasteiger partial charge in [0, 0.05) is 30.4 Å². The van der Waals surface area contributed by atoms with Gasteiger partial charge in [-0.2, -0.15) is 0 Å². The van der Waals surface area contributed by atoms with Gasteiger partial charge in [0.15, 0.2) is 0 Å². The van der Waals surface area contributed by atoms with E-state index in [2.05, 4.69) is 39.5 Å². The fourth-order valence-electron chi connectivity index (χ4n) is 3.18. The van der Waals surface area contributed by atoms with Crippen molar-refractivity contribution in [1.82, 2.24) is 4.98 Å². The summed E-state index contributed by atoms with van der Waals surface area (Å²) in [6.07, 6.45) is 1.62. The van der Waals surface area contributed by atoms with E-state index in [9.17, 15) is 4.79 Å². The number of hydrogen-bond donors (Lipinski definition) is 1. The Balaban J connectivity index is 1.74. The molecule has 1 amide bonds. The summed E-state index contributed by atoms with van der Waals surface area (Å²) >= 11 is 0. The number of hydrogen-bond acceptors (Lipinski definition) is 4. The van der Waals surface area contributed by atoms with Crippen LogP contribution in [0.5, 0.6) is 0 Å². The molecule has 25 heavy (non-hydrogen) atoms. The van der Waals surface area contributed by atoms with Gasteiger partial charge in [-0.3, -0.25) is 9.78 Å². The number of carbonyl (C=O) groups excluding carboxylic acids is 1. The molecule has 1 N–H and O–H groups in total. The van der Waals surface area contributed by atoms with Crippen molar-refractivity contribution in [3.8, 4) is 0 Å². The first kappa shape index (κ1) is 15.6. The third kappa shape index (κ3) is 3.19. The van der Waals surface area contributed by atoms with Crippen LogP contribution in [0.25, 0.3) is 10.8 Å². The number of morpholine rings is 1. The monoisotopic (exact) mass is 333 g/mol. The lowest BCUT2D eigenvalue weighted by Gasteiger charge is -2.30. The molecular formula is C20H19N3O2. The summed E-state index contributed by atoms with van der Waals surface area (Å²) in [6, 6.07) is 17.5. The summed E-state index contributed by atoms with van der Waals surface area (Å²) in [5, 5.41) is 5.17. The van der Waals surface area contributed by atoms with E-state index in [1.54, 1.807) is 18.3 Å². The molecule has 2 aromatic carbocycles. The largest absolute Gasteiger partial charge is 0.378 e. The summed E-state index contributed by atoms with van der Waals surface area (Å²) in [5.74, 6) is -0.204. The SMILES string of the molecule is O=C(Nc1cccc2cccc(N3CCOCC3)c12)c1ccccn1. The number of anilines is 2. The van der Waals surface area contributed by atoms with E-state index in [0.717, 1.165) is 48.5 Å². The summed E-state index contributed by atoms with van der Waals surface area (Å²) in [4.78, 5) is 19.0. The number of pyridine rings is 1. The van der Waals surface area contributed by atoms with Crippen LogP contribution in [-0.4, -0.2) is 37.2 Å². The quantitative estimate of drug-likeness (QED) is 0.799. The Labute approximate surface area is 146 Å². The molecule has 0 radical (unpaired) electrons. The number of rotatable bonds is 3. The first-order chi connectivity index (χ1) is 12.3. The summed E-state index contributed by atoms with van der Waals surface area (Å²) in [5.41, 5.74) is 2.33. The van der Waals surface area contributed by atoms with E-state index in [1.165, 1.54) is 0 Å². The molecule has 0 atom stereocenters. The van der Waals surface area contributed by atoms with Crippen molar-refractivity contribution in [1.29, 1.82) is 0 Å². The maximum absolute atomic E-state index is 12.5. The molecule has 1 saturated heterocycles. The third-order valence-electron chi connectivity index (χ3n) is 4.38. The molecule has 1 aliphatic heterocycles. The van der Waals surface area contributed by atoms with Crippen LogP contribution in [0.1, 0.15) is 10.5 Å². The number of nitrogens with zero attached hydrogens (tertiary/aromatic N) is 2. The molecule has 126 valence electrons. The van der Waals surface area contributed by atoms with Gasteiger partial charge < -0.3 is 15.0 Å².